The van der Waals surface area contributed by atoms with Crippen molar-refractivity contribution in [2.24, 2.45) is 4.99 Å². The normalized spacial score (nSPS) is 11.5. The van der Waals surface area contributed by atoms with Gasteiger partial charge in [-0.25, -0.2) is 9.98 Å². The van der Waals surface area contributed by atoms with Crippen LogP contribution < -0.4 is 10.6 Å². The molecule has 140 valence electrons. The number of nitrogens with zero attached hydrogens (tertiary/aromatic N) is 3. The van der Waals surface area contributed by atoms with E-state index in [0.717, 1.165) is 49.0 Å². The van der Waals surface area contributed by atoms with Crippen molar-refractivity contribution in [3.05, 3.63) is 33.6 Å². The fourth-order valence-electron chi connectivity index (χ4n) is 2.11. The molecule has 0 atom stereocenters. The van der Waals surface area contributed by atoms with Crippen molar-refractivity contribution in [3.63, 3.8) is 0 Å². The fourth-order valence-corrected chi connectivity index (χ4v) is 2.89. The van der Waals surface area contributed by atoms with Gasteiger partial charge in [0, 0.05) is 31.0 Å². The Kier molecular flexibility index (Phi) is 10.0. The highest BCUT2D eigenvalue weighted by Crippen LogP contribution is 2.14. The molecule has 0 saturated heterocycles. The lowest BCUT2D eigenvalue weighted by molar-refractivity contribution is 0.376. The summed E-state index contributed by atoms with van der Waals surface area (Å²) in [6.45, 7) is 10.5. The molecule has 0 saturated carbocycles. The Hall–Kier alpha value is -1.16. The smallest absolute Gasteiger partial charge is 0.191 e. The van der Waals surface area contributed by atoms with Crippen LogP contribution in [0, 0.1) is 0 Å². The van der Waals surface area contributed by atoms with Gasteiger partial charge in [-0.3, -0.25) is 0 Å². The van der Waals surface area contributed by atoms with E-state index in [1.807, 2.05) is 6.07 Å². The van der Waals surface area contributed by atoms with Crippen LogP contribution in [-0.2, 0) is 19.4 Å². The molecular weight excluding hydrogens is 449 g/mol. The molecule has 25 heavy (non-hydrogen) atoms. The van der Waals surface area contributed by atoms with Gasteiger partial charge in [-0.05, 0) is 19.3 Å². The number of nitrogens with one attached hydrogen (secondary N) is 2. The van der Waals surface area contributed by atoms with E-state index < -0.39 is 0 Å². The Labute approximate surface area is 170 Å². The molecule has 6 nitrogen and oxygen atoms in total. The minimum atomic E-state index is 0. The highest BCUT2D eigenvalue weighted by atomic mass is 127. The van der Waals surface area contributed by atoms with Crippen LogP contribution in [0.3, 0.4) is 0 Å². The molecule has 0 fully saturated rings. The standard InChI is InChI=1S/C17H27N5OS.HI/c1-5-16-21-13(11-24-16)7-8-19-17(18-6-2)20-10-14-9-15(12(3)4)22-23-14;/h9,11-12H,5-8,10H2,1-4H3,(H2,18,19,20);1H. The van der Waals surface area contributed by atoms with Crippen LogP contribution in [-0.4, -0.2) is 29.2 Å². The predicted octanol–water partition coefficient (Wildman–Crippen LogP) is 3.73. The van der Waals surface area contributed by atoms with Crippen molar-refractivity contribution in [2.45, 2.75) is 53.0 Å². The SMILES string of the molecule is CCNC(=NCc1cc(C(C)C)no1)NCCc1csc(CC)n1.I. The molecular formula is C17H28IN5OS. The molecule has 0 aromatic carbocycles. The van der Waals surface area contributed by atoms with Crippen LogP contribution in [0.2, 0.25) is 0 Å². The second kappa shape index (κ2) is 11.5. The Bertz CT molecular complexity index is 653. The molecule has 0 aliphatic rings. The summed E-state index contributed by atoms with van der Waals surface area (Å²) in [5.41, 5.74) is 2.10. The third-order valence-corrected chi connectivity index (χ3v) is 4.52. The number of aryl methyl sites for hydroxylation is 1. The van der Waals surface area contributed by atoms with Crippen molar-refractivity contribution < 1.29 is 4.52 Å². The van der Waals surface area contributed by atoms with E-state index >= 15 is 0 Å². The Balaban J connectivity index is 0.00000312. The first-order valence-electron chi connectivity index (χ1n) is 8.53. The average Bonchev–Trinajstić information content (AvgIpc) is 3.22. The third-order valence-electron chi connectivity index (χ3n) is 3.48. The lowest BCUT2D eigenvalue weighted by Gasteiger charge is -2.10. The summed E-state index contributed by atoms with van der Waals surface area (Å²) in [4.78, 5) is 9.13. The number of rotatable bonds is 8. The number of aromatic nitrogens is 2. The number of halogens is 1. The maximum absolute atomic E-state index is 5.32. The zero-order valence-corrected chi connectivity index (χ0v) is 18.5. The molecule has 0 amide bonds. The van der Waals surface area contributed by atoms with Crippen LogP contribution in [0.25, 0.3) is 0 Å². The third kappa shape index (κ3) is 7.31. The highest BCUT2D eigenvalue weighted by Gasteiger charge is 2.07. The van der Waals surface area contributed by atoms with Crippen molar-refractivity contribution in [1.82, 2.24) is 20.8 Å². The summed E-state index contributed by atoms with van der Waals surface area (Å²) < 4.78 is 5.32. The molecule has 2 heterocycles. The number of hydrogen-bond acceptors (Lipinski definition) is 5. The van der Waals surface area contributed by atoms with Gasteiger partial charge in [-0.1, -0.05) is 25.9 Å². The first-order valence-corrected chi connectivity index (χ1v) is 9.41. The van der Waals surface area contributed by atoms with Crippen LogP contribution in [0.1, 0.15) is 55.8 Å². The van der Waals surface area contributed by atoms with Gasteiger partial charge in [-0.15, -0.1) is 35.3 Å². The van der Waals surface area contributed by atoms with Crippen molar-refractivity contribution in [3.8, 4) is 0 Å². The summed E-state index contributed by atoms with van der Waals surface area (Å²) in [7, 11) is 0. The van der Waals surface area contributed by atoms with Gasteiger partial charge in [0.25, 0.3) is 0 Å². The van der Waals surface area contributed by atoms with E-state index in [1.54, 1.807) is 11.3 Å². The van der Waals surface area contributed by atoms with Gasteiger partial charge in [0.15, 0.2) is 11.7 Å². The maximum Gasteiger partial charge on any atom is 0.191 e. The monoisotopic (exact) mass is 477 g/mol. The zero-order valence-electron chi connectivity index (χ0n) is 15.3. The molecule has 0 radical (unpaired) electrons. The van der Waals surface area contributed by atoms with Crippen molar-refractivity contribution in [2.75, 3.05) is 13.1 Å². The van der Waals surface area contributed by atoms with Gasteiger partial charge in [0.1, 0.15) is 6.54 Å². The van der Waals surface area contributed by atoms with E-state index in [-0.39, 0.29) is 24.0 Å². The quantitative estimate of drug-likeness (QED) is 0.344. The summed E-state index contributed by atoms with van der Waals surface area (Å²) in [5, 5.41) is 14.0. The number of aliphatic imine (C=N–C) groups is 1. The molecule has 0 unspecified atom stereocenters. The van der Waals surface area contributed by atoms with E-state index in [1.165, 1.54) is 5.01 Å². The summed E-state index contributed by atoms with van der Waals surface area (Å²) in [6.07, 6.45) is 1.89. The molecule has 2 aromatic rings. The predicted molar refractivity (Wildman–Crippen MR) is 114 cm³/mol. The molecule has 0 aliphatic heterocycles. The van der Waals surface area contributed by atoms with E-state index in [4.69, 9.17) is 4.52 Å². The van der Waals surface area contributed by atoms with E-state index in [9.17, 15) is 0 Å². The topological polar surface area (TPSA) is 75.3 Å². The van der Waals surface area contributed by atoms with Crippen molar-refractivity contribution >= 4 is 41.3 Å². The van der Waals surface area contributed by atoms with Gasteiger partial charge >= 0.3 is 0 Å². The average molecular weight is 477 g/mol. The van der Waals surface area contributed by atoms with Crippen molar-refractivity contribution in [1.29, 1.82) is 0 Å². The lowest BCUT2D eigenvalue weighted by atomic mass is 10.1. The molecule has 2 N–H and O–H groups in total. The lowest BCUT2D eigenvalue weighted by Crippen LogP contribution is -2.38. The molecule has 0 spiro atoms. The minimum Gasteiger partial charge on any atom is -0.359 e. The Morgan fingerprint density at radius 3 is 2.72 bits per heavy atom. The minimum absolute atomic E-state index is 0. The van der Waals surface area contributed by atoms with Gasteiger partial charge in [0.05, 0.1) is 16.4 Å². The van der Waals surface area contributed by atoms with Gasteiger partial charge in [-0.2, -0.15) is 0 Å². The number of guanidine groups is 1. The van der Waals surface area contributed by atoms with Gasteiger partial charge < -0.3 is 15.2 Å². The van der Waals surface area contributed by atoms with Crippen LogP contribution >= 0.6 is 35.3 Å². The second-order valence-electron chi connectivity index (χ2n) is 5.83. The fraction of sp³-hybridized carbons (Fsp3) is 0.588. The first-order chi connectivity index (χ1) is 11.6. The highest BCUT2D eigenvalue weighted by molar-refractivity contribution is 14.0. The maximum atomic E-state index is 5.32. The largest absolute Gasteiger partial charge is 0.359 e. The summed E-state index contributed by atoms with van der Waals surface area (Å²) in [5.74, 6) is 1.93. The molecule has 8 heteroatoms. The van der Waals surface area contributed by atoms with Gasteiger partial charge in [0.2, 0.25) is 0 Å². The zero-order chi connectivity index (χ0) is 17.4. The second-order valence-corrected chi connectivity index (χ2v) is 6.77. The van der Waals surface area contributed by atoms with E-state index in [0.29, 0.717) is 12.5 Å². The molecule has 0 aliphatic carbocycles. The Morgan fingerprint density at radius 2 is 2.12 bits per heavy atom. The number of hydrogen-bond donors (Lipinski definition) is 2. The molecule has 2 rings (SSSR count). The number of thiazole rings is 1. The van der Waals surface area contributed by atoms with E-state index in [2.05, 4.69) is 58.8 Å². The Morgan fingerprint density at radius 1 is 1.32 bits per heavy atom. The summed E-state index contributed by atoms with van der Waals surface area (Å²) >= 11 is 1.73. The molecule has 2 aromatic heterocycles. The van der Waals surface area contributed by atoms with Crippen LogP contribution in [0.4, 0.5) is 0 Å². The summed E-state index contributed by atoms with van der Waals surface area (Å²) in [6, 6.07) is 1.97. The van der Waals surface area contributed by atoms with Crippen LogP contribution in [0.15, 0.2) is 21.0 Å². The molecule has 0 bridgehead atoms. The van der Waals surface area contributed by atoms with Crippen LogP contribution in [0.5, 0.6) is 0 Å². The first kappa shape index (κ1) is 21.9.